The van der Waals surface area contributed by atoms with Gasteiger partial charge in [0.05, 0.1) is 5.39 Å². The van der Waals surface area contributed by atoms with Gasteiger partial charge in [0.2, 0.25) is 0 Å². The van der Waals surface area contributed by atoms with Crippen molar-refractivity contribution in [1.29, 1.82) is 0 Å². The van der Waals surface area contributed by atoms with Crippen molar-refractivity contribution >= 4 is 22.8 Å². The SMILES string of the molecule is Cc1cc(O[C@@H](C)C(=O)N[C@H](C(=O)O)C(C)C)c2c3c(c(=O)oc2c1)CCC3. The van der Waals surface area contributed by atoms with Crippen molar-refractivity contribution in [3.8, 4) is 5.75 Å². The van der Waals surface area contributed by atoms with Crippen molar-refractivity contribution in [1.82, 2.24) is 5.32 Å². The summed E-state index contributed by atoms with van der Waals surface area (Å²) in [6.45, 7) is 6.87. The van der Waals surface area contributed by atoms with Crippen LogP contribution in [0.15, 0.2) is 21.3 Å². The second kappa shape index (κ2) is 7.66. The predicted molar refractivity (Wildman–Crippen MR) is 104 cm³/mol. The molecule has 3 rings (SSSR count). The number of amides is 1. The van der Waals surface area contributed by atoms with Crippen molar-refractivity contribution in [2.45, 2.75) is 59.1 Å². The van der Waals surface area contributed by atoms with Gasteiger partial charge in [-0.25, -0.2) is 9.59 Å². The summed E-state index contributed by atoms with van der Waals surface area (Å²) in [6.07, 6.45) is 1.39. The zero-order chi connectivity index (χ0) is 20.6. The molecule has 0 saturated heterocycles. The maximum absolute atomic E-state index is 12.5. The van der Waals surface area contributed by atoms with E-state index in [0.29, 0.717) is 23.3 Å². The molecule has 1 aliphatic rings. The first-order chi connectivity index (χ1) is 13.2. The number of rotatable bonds is 6. The van der Waals surface area contributed by atoms with Crippen LogP contribution >= 0.6 is 0 Å². The highest BCUT2D eigenvalue weighted by atomic mass is 16.5. The Hall–Kier alpha value is -2.83. The van der Waals surface area contributed by atoms with E-state index >= 15 is 0 Å². The van der Waals surface area contributed by atoms with Crippen molar-refractivity contribution in [3.05, 3.63) is 39.2 Å². The van der Waals surface area contributed by atoms with E-state index in [-0.39, 0.29) is 11.5 Å². The monoisotopic (exact) mass is 387 g/mol. The van der Waals surface area contributed by atoms with E-state index in [9.17, 15) is 19.5 Å². The van der Waals surface area contributed by atoms with E-state index in [1.165, 1.54) is 0 Å². The number of carboxylic acids is 1. The molecule has 0 saturated carbocycles. The Balaban J connectivity index is 1.94. The third-order valence-corrected chi connectivity index (χ3v) is 5.08. The van der Waals surface area contributed by atoms with E-state index in [1.807, 2.05) is 13.0 Å². The Kier molecular flexibility index (Phi) is 5.45. The Morgan fingerprint density at radius 1 is 1.18 bits per heavy atom. The molecule has 7 nitrogen and oxygen atoms in total. The van der Waals surface area contributed by atoms with Crippen LogP contribution in [0.25, 0.3) is 11.0 Å². The topological polar surface area (TPSA) is 106 Å². The van der Waals surface area contributed by atoms with Crippen LogP contribution in [0.3, 0.4) is 0 Å². The molecule has 150 valence electrons. The number of hydrogen-bond donors (Lipinski definition) is 2. The number of aliphatic carboxylic acids is 1. The van der Waals surface area contributed by atoms with Crippen molar-refractivity contribution in [3.63, 3.8) is 0 Å². The summed E-state index contributed by atoms with van der Waals surface area (Å²) in [7, 11) is 0. The Bertz CT molecular complexity index is 991. The summed E-state index contributed by atoms with van der Waals surface area (Å²) in [5.74, 6) is -1.39. The molecule has 0 bridgehead atoms. The number of carbonyl (C=O) groups excluding carboxylic acids is 1. The van der Waals surface area contributed by atoms with Gasteiger partial charge in [0.1, 0.15) is 17.4 Å². The van der Waals surface area contributed by atoms with Gasteiger partial charge in [-0.2, -0.15) is 0 Å². The summed E-state index contributed by atoms with van der Waals surface area (Å²) in [5, 5.41) is 12.5. The smallest absolute Gasteiger partial charge is 0.339 e. The normalized spacial score (nSPS) is 15.3. The highest BCUT2D eigenvalue weighted by Gasteiger charge is 2.28. The zero-order valence-corrected chi connectivity index (χ0v) is 16.5. The largest absolute Gasteiger partial charge is 0.480 e. The summed E-state index contributed by atoms with van der Waals surface area (Å²) >= 11 is 0. The van der Waals surface area contributed by atoms with Gasteiger partial charge in [-0.15, -0.1) is 0 Å². The first kappa shape index (κ1) is 19.9. The van der Waals surface area contributed by atoms with Crippen LogP contribution in [0.2, 0.25) is 0 Å². The number of hydrogen-bond acceptors (Lipinski definition) is 5. The molecular formula is C21H25NO6. The van der Waals surface area contributed by atoms with Crippen LogP contribution in [-0.4, -0.2) is 29.1 Å². The first-order valence-corrected chi connectivity index (χ1v) is 9.48. The van der Waals surface area contributed by atoms with Crippen molar-refractivity contribution in [2.75, 3.05) is 0 Å². The third kappa shape index (κ3) is 3.74. The zero-order valence-electron chi connectivity index (χ0n) is 16.5. The number of benzene rings is 1. The van der Waals surface area contributed by atoms with Gasteiger partial charge >= 0.3 is 11.6 Å². The molecule has 2 N–H and O–H groups in total. The van der Waals surface area contributed by atoms with Gasteiger partial charge < -0.3 is 19.6 Å². The fraction of sp³-hybridized carbons (Fsp3) is 0.476. The minimum Gasteiger partial charge on any atom is -0.480 e. The maximum Gasteiger partial charge on any atom is 0.339 e. The van der Waals surface area contributed by atoms with E-state index in [2.05, 4.69) is 5.32 Å². The molecule has 0 radical (unpaired) electrons. The molecule has 2 atom stereocenters. The van der Waals surface area contributed by atoms with Crippen molar-refractivity contribution < 1.29 is 23.8 Å². The fourth-order valence-corrected chi connectivity index (χ4v) is 3.63. The predicted octanol–water partition coefficient (Wildman–Crippen LogP) is 2.58. The molecule has 0 spiro atoms. The fourth-order valence-electron chi connectivity index (χ4n) is 3.63. The summed E-state index contributed by atoms with van der Waals surface area (Å²) in [6, 6.07) is 2.60. The van der Waals surface area contributed by atoms with Crippen LogP contribution in [0.4, 0.5) is 0 Å². The lowest BCUT2D eigenvalue weighted by Gasteiger charge is -2.22. The van der Waals surface area contributed by atoms with Gasteiger partial charge in [-0.3, -0.25) is 4.79 Å². The number of carboxylic acid groups (broad SMARTS) is 1. The molecule has 1 amide bonds. The van der Waals surface area contributed by atoms with E-state index in [0.717, 1.165) is 29.4 Å². The standard InChI is InChI=1S/C21H25NO6/c1-10(2)18(20(24)25)22-19(23)12(4)27-15-8-11(3)9-16-17(15)13-6-5-7-14(13)21(26)28-16/h8-10,12,18H,5-7H2,1-4H3,(H,22,23)(H,24,25)/t12-,18-/m0/s1. The highest BCUT2D eigenvalue weighted by molar-refractivity contribution is 5.90. The van der Waals surface area contributed by atoms with Crippen LogP contribution in [-0.2, 0) is 22.4 Å². The van der Waals surface area contributed by atoms with Gasteiger partial charge in [0.15, 0.2) is 6.10 Å². The second-order valence-electron chi connectivity index (χ2n) is 7.66. The van der Waals surface area contributed by atoms with E-state index in [1.54, 1.807) is 26.8 Å². The molecule has 7 heteroatoms. The van der Waals surface area contributed by atoms with Gasteiger partial charge in [-0.05, 0) is 62.3 Å². The van der Waals surface area contributed by atoms with Crippen molar-refractivity contribution in [2.24, 2.45) is 5.92 Å². The van der Waals surface area contributed by atoms with Gasteiger partial charge in [0.25, 0.3) is 5.91 Å². The number of aryl methyl sites for hydroxylation is 2. The molecule has 1 aromatic carbocycles. The Labute approximate surface area is 162 Å². The lowest BCUT2D eigenvalue weighted by molar-refractivity contribution is -0.144. The third-order valence-electron chi connectivity index (χ3n) is 5.08. The summed E-state index contributed by atoms with van der Waals surface area (Å²) in [5.41, 5.74) is 2.55. The quantitative estimate of drug-likeness (QED) is 0.738. The minimum absolute atomic E-state index is 0.258. The second-order valence-corrected chi connectivity index (χ2v) is 7.66. The molecule has 1 aliphatic carbocycles. The number of ether oxygens (including phenoxy) is 1. The maximum atomic E-state index is 12.5. The van der Waals surface area contributed by atoms with E-state index in [4.69, 9.17) is 9.15 Å². The Morgan fingerprint density at radius 2 is 1.86 bits per heavy atom. The average Bonchev–Trinajstić information content (AvgIpc) is 3.08. The molecule has 0 unspecified atom stereocenters. The molecule has 1 aromatic heterocycles. The average molecular weight is 387 g/mol. The summed E-state index contributed by atoms with van der Waals surface area (Å²) in [4.78, 5) is 36.0. The molecular weight excluding hydrogens is 362 g/mol. The molecule has 28 heavy (non-hydrogen) atoms. The lowest BCUT2D eigenvalue weighted by Crippen LogP contribution is -2.48. The van der Waals surface area contributed by atoms with Gasteiger partial charge in [-0.1, -0.05) is 13.8 Å². The molecule has 1 heterocycles. The number of fused-ring (bicyclic) bond motifs is 3. The molecule has 0 aliphatic heterocycles. The van der Waals surface area contributed by atoms with Crippen LogP contribution in [0, 0.1) is 12.8 Å². The number of carbonyl (C=O) groups is 2. The minimum atomic E-state index is -1.09. The highest BCUT2D eigenvalue weighted by Crippen LogP contribution is 2.35. The van der Waals surface area contributed by atoms with Gasteiger partial charge in [0, 0.05) is 5.56 Å². The summed E-state index contributed by atoms with van der Waals surface area (Å²) < 4.78 is 11.4. The first-order valence-electron chi connectivity index (χ1n) is 9.48. The Morgan fingerprint density at radius 3 is 2.50 bits per heavy atom. The number of nitrogens with one attached hydrogen (secondary N) is 1. The van der Waals surface area contributed by atoms with Crippen LogP contribution < -0.4 is 15.7 Å². The lowest BCUT2D eigenvalue weighted by atomic mass is 10.0. The molecule has 0 fully saturated rings. The van der Waals surface area contributed by atoms with E-state index < -0.39 is 24.0 Å². The van der Waals surface area contributed by atoms with Crippen LogP contribution in [0.1, 0.15) is 43.9 Å². The van der Waals surface area contributed by atoms with Crippen LogP contribution in [0.5, 0.6) is 5.75 Å². The molecule has 2 aromatic rings.